The standard InChI is InChI=1S/C18H12BrClN2O3/c1-25-18(24)11-4-7-13-15(9-11)21-16(22-17(13)23)14(20)8-10-2-5-12(19)6-3-10/h2-9H,1H3,(H,21,22,23). The van der Waals surface area contributed by atoms with Crippen molar-refractivity contribution in [3.63, 3.8) is 0 Å². The molecule has 5 nitrogen and oxygen atoms in total. The number of nitrogens with one attached hydrogen (secondary N) is 1. The fourth-order valence-electron chi connectivity index (χ4n) is 2.27. The van der Waals surface area contributed by atoms with Crippen LogP contribution in [0.25, 0.3) is 22.0 Å². The van der Waals surface area contributed by atoms with Crippen molar-refractivity contribution in [2.45, 2.75) is 0 Å². The first kappa shape index (κ1) is 17.4. The molecule has 0 aliphatic heterocycles. The number of rotatable bonds is 3. The van der Waals surface area contributed by atoms with Crippen molar-refractivity contribution in [3.8, 4) is 0 Å². The summed E-state index contributed by atoms with van der Waals surface area (Å²) in [6.45, 7) is 0. The number of esters is 1. The lowest BCUT2D eigenvalue weighted by Crippen LogP contribution is -2.11. The number of fused-ring (bicyclic) bond motifs is 1. The smallest absolute Gasteiger partial charge is 0.337 e. The maximum Gasteiger partial charge on any atom is 0.337 e. The van der Waals surface area contributed by atoms with Gasteiger partial charge in [0.2, 0.25) is 0 Å². The summed E-state index contributed by atoms with van der Waals surface area (Å²) in [7, 11) is 1.29. The summed E-state index contributed by atoms with van der Waals surface area (Å²) in [4.78, 5) is 30.9. The van der Waals surface area contributed by atoms with Gasteiger partial charge in [-0.2, -0.15) is 0 Å². The van der Waals surface area contributed by atoms with Gasteiger partial charge in [0.15, 0.2) is 5.82 Å². The molecule has 3 aromatic rings. The highest BCUT2D eigenvalue weighted by molar-refractivity contribution is 9.10. The Morgan fingerprint density at radius 2 is 1.96 bits per heavy atom. The third kappa shape index (κ3) is 3.81. The van der Waals surface area contributed by atoms with Gasteiger partial charge >= 0.3 is 5.97 Å². The molecule has 1 N–H and O–H groups in total. The molecule has 2 aromatic carbocycles. The van der Waals surface area contributed by atoms with E-state index in [1.54, 1.807) is 6.08 Å². The lowest BCUT2D eigenvalue weighted by atomic mass is 10.1. The Kier molecular flexibility index (Phi) is 5.01. The van der Waals surface area contributed by atoms with Crippen LogP contribution in [0.2, 0.25) is 0 Å². The Hall–Kier alpha value is -2.44. The molecule has 0 fully saturated rings. The fourth-order valence-corrected chi connectivity index (χ4v) is 2.75. The number of aromatic amines is 1. The Morgan fingerprint density at radius 1 is 1.24 bits per heavy atom. The summed E-state index contributed by atoms with van der Waals surface area (Å²) in [5.41, 5.74) is 1.20. The lowest BCUT2D eigenvalue weighted by Gasteiger charge is -2.04. The normalized spacial score (nSPS) is 11.6. The summed E-state index contributed by atoms with van der Waals surface area (Å²) in [5.74, 6) is -0.272. The fraction of sp³-hybridized carbons (Fsp3) is 0.0556. The van der Waals surface area contributed by atoms with E-state index in [9.17, 15) is 9.59 Å². The van der Waals surface area contributed by atoms with E-state index < -0.39 is 5.97 Å². The highest BCUT2D eigenvalue weighted by Gasteiger charge is 2.11. The van der Waals surface area contributed by atoms with Gasteiger partial charge in [-0.05, 0) is 42.0 Å². The first-order valence-corrected chi connectivity index (χ1v) is 8.40. The first-order chi connectivity index (χ1) is 12.0. The second kappa shape index (κ2) is 7.21. The molecule has 0 saturated heterocycles. The predicted molar refractivity (Wildman–Crippen MR) is 102 cm³/mol. The molecule has 126 valence electrons. The van der Waals surface area contributed by atoms with Gasteiger partial charge in [-0.25, -0.2) is 9.78 Å². The van der Waals surface area contributed by atoms with E-state index in [2.05, 4.69) is 30.6 Å². The highest BCUT2D eigenvalue weighted by Crippen LogP contribution is 2.21. The van der Waals surface area contributed by atoms with Gasteiger partial charge in [0.25, 0.3) is 5.56 Å². The molecule has 0 aliphatic rings. The number of carbonyl (C=O) groups is 1. The maximum absolute atomic E-state index is 12.2. The number of H-pyrrole nitrogens is 1. The molecule has 0 amide bonds. The first-order valence-electron chi connectivity index (χ1n) is 7.23. The quantitative estimate of drug-likeness (QED) is 0.646. The van der Waals surface area contributed by atoms with Gasteiger partial charge in [-0.15, -0.1) is 0 Å². The van der Waals surface area contributed by atoms with Gasteiger partial charge in [0, 0.05) is 4.47 Å². The Balaban J connectivity index is 2.08. The van der Waals surface area contributed by atoms with Crippen molar-refractivity contribution in [1.82, 2.24) is 9.97 Å². The average Bonchev–Trinajstić information content (AvgIpc) is 2.62. The average molecular weight is 420 g/mol. The number of aromatic nitrogens is 2. The van der Waals surface area contributed by atoms with Crippen LogP contribution in [-0.4, -0.2) is 23.0 Å². The predicted octanol–water partition coefficient (Wildman–Crippen LogP) is 4.21. The summed E-state index contributed by atoms with van der Waals surface area (Å²) in [6, 6.07) is 12.1. The van der Waals surface area contributed by atoms with Crippen molar-refractivity contribution in [2.24, 2.45) is 0 Å². The molecule has 1 heterocycles. The van der Waals surface area contributed by atoms with Gasteiger partial charge in [0.05, 0.1) is 28.6 Å². The molecule has 25 heavy (non-hydrogen) atoms. The highest BCUT2D eigenvalue weighted by atomic mass is 79.9. The van der Waals surface area contributed by atoms with Gasteiger partial charge in [0.1, 0.15) is 0 Å². The van der Waals surface area contributed by atoms with E-state index in [0.717, 1.165) is 10.0 Å². The van der Waals surface area contributed by atoms with Crippen molar-refractivity contribution in [2.75, 3.05) is 7.11 Å². The molecule has 0 bridgehead atoms. The van der Waals surface area contributed by atoms with Crippen LogP contribution in [0.15, 0.2) is 51.7 Å². The maximum atomic E-state index is 12.2. The van der Waals surface area contributed by atoms with Crippen LogP contribution in [0.4, 0.5) is 0 Å². The van der Waals surface area contributed by atoms with Crippen LogP contribution >= 0.6 is 27.5 Å². The Morgan fingerprint density at radius 3 is 2.64 bits per heavy atom. The van der Waals surface area contributed by atoms with E-state index in [-0.39, 0.29) is 16.4 Å². The molecule has 0 atom stereocenters. The summed E-state index contributed by atoms with van der Waals surface area (Å²) < 4.78 is 5.64. The third-order valence-electron chi connectivity index (χ3n) is 3.52. The number of ether oxygens (including phenoxy) is 1. The second-order valence-electron chi connectivity index (χ2n) is 5.18. The molecular formula is C18H12BrClN2O3. The van der Waals surface area contributed by atoms with E-state index in [1.807, 2.05) is 24.3 Å². The minimum Gasteiger partial charge on any atom is -0.465 e. The topological polar surface area (TPSA) is 72.1 Å². The molecule has 7 heteroatoms. The van der Waals surface area contributed by atoms with Crippen molar-refractivity contribution < 1.29 is 9.53 Å². The zero-order chi connectivity index (χ0) is 18.0. The number of carbonyl (C=O) groups excluding carboxylic acids is 1. The third-order valence-corrected chi connectivity index (χ3v) is 4.33. The van der Waals surface area contributed by atoms with Crippen LogP contribution in [0.1, 0.15) is 21.7 Å². The van der Waals surface area contributed by atoms with Crippen molar-refractivity contribution in [1.29, 1.82) is 0 Å². The number of halogens is 2. The van der Waals surface area contributed by atoms with Crippen LogP contribution in [-0.2, 0) is 4.74 Å². The zero-order valence-corrected chi connectivity index (χ0v) is 15.4. The molecule has 3 rings (SSSR count). The van der Waals surface area contributed by atoms with Gasteiger partial charge in [-0.3, -0.25) is 4.79 Å². The molecule has 0 aliphatic carbocycles. The number of nitrogens with zero attached hydrogens (tertiary/aromatic N) is 1. The monoisotopic (exact) mass is 418 g/mol. The van der Waals surface area contributed by atoms with Crippen LogP contribution in [0, 0.1) is 0 Å². The van der Waals surface area contributed by atoms with Crippen LogP contribution in [0.3, 0.4) is 0 Å². The number of benzene rings is 2. The largest absolute Gasteiger partial charge is 0.465 e. The summed E-state index contributed by atoms with van der Waals surface area (Å²) in [6.07, 6.45) is 1.70. The molecule has 0 radical (unpaired) electrons. The van der Waals surface area contributed by atoms with Gasteiger partial charge in [-0.1, -0.05) is 39.7 Å². The number of hydrogen-bond acceptors (Lipinski definition) is 4. The Labute approximate surface area is 156 Å². The van der Waals surface area contributed by atoms with Crippen molar-refractivity contribution in [3.05, 3.63) is 74.2 Å². The molecule has 0 saturated carbocycles. The summed E-state index contributed by atoms with van der Waals surface area (Å²) in [5, 5.41) is 0.648. The molecule has 0 spiro atoms. The van der Waals surface area contributed by atoms with Crippen LogP contribution in [0.5, 0.6) is 0 Å². The SMILES string of the molecule is COC(=O)c1ccc2c(=O)[nH]c(C(Cl)=Cc3ccc(Br)cc3)nc2c1. The van der Waals surface area contributed by atoms with E-state index in [4.69, 9.17) is 11.6 Å². The van der Waals surface area contributed by atoms with E-state index in [0.29, 0.717) is 16.5 Å². The number of methoxy groups -OCH3 is 1. The minimum absolute atomic E-state index is 0.226. The molecule has 0 unspecified atom stereocenters. The summed E-state index contributed by atoms with van der Waals surface area (Å²) >= 11 is 9.67. The van der Waals surface area contributed by atoms with Gasteiger partial charge < -0.3 is 9.72 Å². The zero-order valence-electron chi connectivity index (χ0n) is 13.0. The Bertz CT molecular complexity index is 1040. The minimum atomic E-state index is -0.498. The van der Waals surface area contributed by atoms with E-state index in [1.165, 1.54) is 25.3 Å². The molecule has 1 aromatic heterocycles. The molecular weight excluding hydrogens is 408 g/mol. The van der Waals surface area contributed by atoms with Crippen LogP contribution < -0.4 is 5.56 Å². The lowest BCUT2D eigenvalue weighted by molar-refractivity contribution is 0.0601. The number of hydrogen-bond donors (Lipinski definition) is 1. The second-order valence-corrected chi connectivity index (χ2v) is 6.50. The van der Waals surface area contributed by atoms with Crippen molar-refractivity contribution >= 4 is 55.5 Å². The van der Waals surface area contributed by atoms with E-state index >= 15 is 0 Å².